The molecule has 2 aliphatic heterocycles. The molecule has 10 heteroatoms. The molecule has 170 valence electrons. The molecule has 4 aromatic rings. The maximum atomic E-state index is 13.2. The summed E-state index contributed by atoms with van der Waals surface area (Å²) in [6.45, 7) is -3.02. The Kier molecular flexibility index (Phi) is 4.42. The number of carbonyl (C=O) groups is 1. The van der Waals surface area contributed by atoms with Crippen LogP contribution in [-0.2, 0) is 7.05 Å². The molecule has 8 nitrogen and oxygen atoms in total. The van der Waals surface area contributed by atoms with Gasteiger partial charge in [0.25, 0.3) is 5.91 Å². The van der Waals surface area contributed by atoms with E-state index >= 15 is 0 Å². The van der Waals surface area contributed by atoms with Gasteiger partial charge in [0.1, 0.15) is 17.3 Å². The van der Waals surface area contributed by atoms with Crippen LogP contribution in [0, 0.1) is 11.8 Å². The number of benzene rings is 1. The number of nitrogens with zero attached hydrogens (tertiary/aromatic N) is 6. The lowest BCUT2D eigenvalue weighted by atomic mass is 10.0. The minimum absolute atomic E-state index is 0.0466. The standard InChI is InChI=1S/C24H18F2N6O2/c1-30-12-14(11-28-30)4-3-13-5-6-15-16(9-13)32-17-10-18(22(32)29-15)31(2)23(33)21-20(17)19(7-8-27-21)34-24(25)26/h5-9,11-12,17-18,24H,10H2,1-2H3/t17-,18-/m1/s1. The van der Waals surface area contributed by atoms with Crippen molar-refractivity contribution in [2.75, 3.05) is 7.05 Å². The lowest BCUT2D eigenvalue weighted by Gasteiger charge is -2.24. The first kappa shape index (κ1) is 20.4. The normalized spacial score (nSPS) is 18.5. The van der Waals surface area contributed by atoms with E-state index in [1.807, 2.05) is 36.0 Å². The van der Waals surface area contributed by atoms with Crippen LogP contribution in [-0.4, -0.2) is 48.8 Å². The highest BCUT2D eigenvalue weighted by atomic mass is 19.3. The van der Waals surface area contributed by atoms with Crippen molar-refractivity contribution in [2.24, 2.45) is 7.05 Å². The van der Waals surface area contributed by atoms with E-state index in [1.165, 1.54) is 12.3 Å². The van der Waals surface area contributed by atoms with Crippen molar-refractivity contribution < 1.29 is 18.3 Å². The molecule has 2 aliphatic rings. The molecule has 0 saturated carbocycles. The first-order valence-corrected chi connectivity index (χ1v) is 10.6. The Labute approximate surface area is 192 Å². The van der Waals surface area contributed by atoms with Crippen molar-refractivity contribution in [1.29, 1.82) is 0 Å². The van der Waals surface area contributed by atoms with Crippen LogP contribution in [0.4, 0.5) is 8.78 Å². The van der Waals surface area contributed by atoms with Gasteiger partial charge in [-0.2, -0.15) is 13.9 Å². The SMILES string of the molecule is CN1C(=O)c2nccc(OC(F)F)c2[C@H]2C[C@@H]1c1nc3ccc(C#Cc4cnn(C)c4)cc3n12. The smallest absolute Gasteiger partial charge is 0.387 e. The first-order valence-electron chi connectivity index (χ1n) is 10.6. The maximum Gasteiger partial charge on any atom is 0.387 e. The Morgan fingerprint density at radius 3 is 2.74 bits per heavy atom. The van der Waals surface area contributed by atoms with Gasteiger partial charge in [-0.05, 0) is 24.3 Å². The number of pyridine rings is 1. The number of carbonyl (C=O) groups excluding carboxylic acids is 1. The van der Waals surface area contributed by atoms with Crippen LogP contribution in [0.25, 0.3) is 11.0 Å². The molecule has 0 spiro atoms. The lowest BCUT2D eigenvalue weighted by Crippen LogP contribution is -2.31. The van der Waals surface area contributed by atoms with Gasteiger partial charge >= 0.3 is 6.61 Å². The minimum atomic E-state index is -3.02. The van der Waals surface area contributed by atoms with Gasteiger partial charge in [-0.15, -0.1) is 0 Å². The second-order valence-electron chi connectivity index (χ2n) is 8.33. The fourth-order valence-corrected chi connectivity index (χ4v) is 4.84. The quantitative estimate of drug-likeness (QED) is 0.429. The van der Waals surface area contributed by atoms with Crippen LogP contribution >= 0.6 is 0 Å². The first-order chi connectivity index (χ1) is 16.4. The molecule has 34 heavy (non-hydrogen) atoms. The van der Waals surface area contributed by atoms with E-state index in [0.29, 0.717) is 17.8 Å². The molecular formula is C24H18F2N6O2. The number of alkyl halides is 2. The van der Waals surface area contributed by atoms with E-state index in [9.17, 15) is 13.6 Å². The highest BCUT2D eigenvalue weighted by Crippen LogP contribution is 2.49. The zero-order valence-corrected chi connectivity index (χ0v) is 18.2. The minimum Gasteiger partial charge on any atom is -0.434 e. The molecule has 0 N–H and O–H groups in total. The summed E-state index contributed by atoms with van der Waals surface area (Å²) in [5.41, 5.74) is 3.59. The third-order valence-electron chi connectivity index (χ3n) is 6.32. The fourth-order valence-electron chi connectivity index (χ4n) is 4.84. The number of rotatable bonds is 2. The molecule has 1 amide bonds. The van der Waals surface area contributed by atoms with Crippen LogP contribution < -0.4 is 4.74 Å². The average Bonchev–Trinajstić information content (AvgIpc) is 3.48. The molecule has 0 radical (unpaired) electrons. The lowest BCUT2D eigenvalue weighted by molar-refractivity contribution is -0.0507. The number of aryl methyl sites for hydroxylation is 1. The van der Waals surface area contributed by atoms with Crippen LogP contribution in [0.5, 0.6) is 5.75 Å². The molecule has 5 heterocycles. The Hall–Kier alpha value is -4.26. The van der Waals surface area contributed by atoms with Crippen molar-refractivity contribution in [3.8, 4) is 17.6 Å². The van der Waals surface area contributed by atoms with Gasteiger partial charge in [-0.25, -0.2) is 4.98 Å². The molecule has 0 aliphatic carbocycles. The van der Waals surface area contributed by atoms with Crippen LogP contribution in [0.2, 0.25) is 0 Å². The molecule has 3 aromatic heterocycles. The van der Waals surface area contributed by atoms with Crippen molar-refractivity contribution >= 4 is 16.9 Å². The molecule has 6 rings (SSSR count). The maximum absolute atomic E-state index is 13.2. The van der Waals surface area contributed by atoms with Crippen LogP contribution in [0.1, 0.15) is 51.5 Å². The molecular weight excluding hydrogens is 442 g/mol. The zero-order chi connectivity index (χ0) is 23.6. The Bertz CT molecular complexity index is 1530. The van der Waals surface area contributed by atoms with Crippen molar-refractivity contribution in [1.82, 2.24) is 29.2 Å². The molecule has 2 atom stereocenters. The number of halogens is 2. The van der Waals surface area contributed by atoms with E-state index < -0.39 is 12.7 Å². The molecule has 0 saturated heterocycles. The molecule has 0 unspecified atom stereocenters. The number of hydrogen-bond acceptors (Lipinski definition) is 5. The van der Waals surface area contributed by atoms with Gasteiger partial charge in [0, 0.05) is 44.0 Å². The number of hydrogen-bond donors (Lipinski definition) is 0. The average molecular weight is 460 g/mol. The van der Waals surface area contributed by atoms with Gasteiger partial charge in [-0.3, -0.25) is 14.5 Å². The van der Waals surface area contributed by atoms with Gasteiger partial charge in [0.2, 0.25) is 0 Å². The largest absolute Gasteiger partial charge is 0.434 e. The summed E-state index contributed by atoms with van der Waals surface area (Å²) in [6, 6.07) is 6.32. The van der Waals surface area contributed by atoms with E-state index in [4.69, 9.17) is 9.72 Å². The predicted octanol–water partition coefficient (Wildman–Crippen LogP) is 3.29. The highest BCUT2D eigenvalue weighted by Gasteiger charge is 2.45. The summed E-state index contributed by atoms with van der Waals surface area (Å²) in [6.07, 6.45) is 5.33. The highest BCUT2D eigenvalue weighted by molar-refractivity contribution is 5.96. The molecule has 0 fully saturated rings. The fraction of sp³-hybridized carbons (Fsp3) is 0.250. The van der Waals surface area contributed by atoms with E-state index in [1.54, 1.807) is 22.8 Å². The summed E-state index contributed by atoms with van der Waals surface area (Å²) in [4.78, 5) is 23.7. The Morgan fingerprint density at radius 2 is 1.97 bits per heavy atom. The van der Waals surface area contributed by atoms with Gasteiger partial charge in [0.15, 0.2) is 0 Å². The molecule has 2 bridgehead atoms. The van der Waals surface area contributed by atoms with E-state index in [0.717, 1.165) is 22.2 Å². The third-order valence-corrected chi connectivity index (χ3v) is 6.32. The second kappa shape index (κ2) is 7.38. The van der Waals surface area contributed by atoms with E-state index in [2.05, 4.69) is 21.9 Å². The number of ether oxygens (including phenoxy) is 1. The predicted molar refractivity (Wildman–Crippen MR) is 117 cm³/mol. The summed E-state index contributed by atoms with van der Waals surface area (Å²) in [5.74, 6) is 6.55. The topological polar surface area (TPSA) is 78.1 Å². The van der Waals surface area contributed by atoms with Crippen LogP contribution in [0.15, 0.2) is 42.9 Å². The van der Waals surface area contributed by atoms with Gasteiger partial charge in [0.05, 0.1) is 34.9 Å². The van der Waals surface area contributed by atoms with Crippen molar-refractivity contribution in [3.05, 3.63) is 71.1 Å². The molecule has 1 aromatic carbocycles. The number of amides is 1. The summed E-state index contributed by atoms with van der Waals surface area (Å²) in [5, 5.41) is 4.12. The van der Waals surface area contributed by atoms with Gasteiger partial charge in [-0.1, -0.05) is 11.8 Å². The summed E-state index contributed by atoms with van der Waals surface area (Å²) in [7, 11) is 3.51. The monoisotopic (exact) mass is 460 g/mol. The van der Waals surface area contributed by atoms with Crippen molar-refractivity contribution in [3.63, 3.8) is 0 Å². The number of imidazole rings is 1. The second-order valence-corrected chi connectivity index (χ2v) is 8.33. The van der Waals surface area contributed by atoms with Gasteiger partial charge < -0.3 is 14.2 Å². The van der Waals surface area contributed by atoms with E-state index in [-0.39, 0.29) is 23.4 Å². The third kappa shape index (κ3) is 3.04. The Balaban J connectivity index is 1.53. The summed E-state index contributed by atoms with van der Waals surface area (Å²) < 4.78 is 34.9. The summed E-state index contributed by atoms with van der Waals surface area (Å²) >= 11 is 0. The zero-order valence-electron chi connectivity index (χ0n) is 18.2. The number of aromatic nitrogens is 5. The Morgan fingerprint density at radius 1 is 1.15 bits per heavy atom. The van der Waals surface area contributed by atoms with Crippen molar-refractivity contribution in [2.45, 2.75) is 25.1 Å². The van der Waals surface area contributed by atoms with Crippen LogP contribution in [0.3, 0.4) is 0 Å². The number of fused-ring (bicyclic) bond motifs is 9.